The minimum Gasteiger partial charge on any atom is -0.332 e. The van der Waals surface area contributed by atoms with Crippen LogP contribution >= 0.6 is 0 Å². The maximum absolute atomic E-state index is 12.3. The van der Waals surface area contributed by atoms with Gasteiger partial charge < -0.3 is 10.2 Å². The smallest absolute Gasteiger partial charge is 0.269 e. The van der Waals surface area contributed by atoms with Crippen LogP contribution in [0.1, 0.15) is 21.5 Å². The van der Waals surface area contributed by atoms with Crippen LogP contribution in [-0.4, -0.2) is 35.2 Å². The molecule has 0 unspecified atom stereocenters. The van der Waals surface area contributed by atoms with E-state index in [1.54, 1.807) is 0 Å². The van der Waals surface area contributed by atoms with Crippen LogP contribution in [0.5, 0.6) is 0 Å². The van der Waals surface area contributed by atoms with Crippen molar-refractivity contribution >= 4 is 23.2 Å². The third-order valence-electron chi connectivity index (χ3n) is 3.80. The summed E-state index contributed by atoms with van der Waals surface area (Å²) in [6.07, 6.45) is 0. The first-order valence-electron chi connectivity index (χ1n) is 7.65. The number of rotatable bonds is 5. The number of carbonyl (C=O) groups excluding carboxylic acids is 2. The van der Waals surface area contributed by atoms with Crippen LogP contribution in [0.2, 0.25) is 0 Å². The van der Waals surface area contributed by atoms with Crippen molar-refractivity contribution in [1.29, 1.82) is 0 Å². The molecule has 130 valence electrons. The van der Waals surface area contributed by atoms with Crippen LogP contribution < -0.4 is 5.32 Å². The standard InChI is InChI=1S/C18H19N3O4/c1-12-5-4-6-13(2)17(12)19-16(22)11-20(3)18(23)14-7-9-15(10-8-14)21(24)25/h4-10H,11H2,1-3H3,(H,19,22). The third kappa shape index (κ3) is 4.41. The second-order valence-corrected chi connectivity index (χ2v) is 5.78. The molecule has 0 aromatic heterocycles. The van der Waals surface area contributed by atoms with Crippen molar-refractivity contribution in [2.75, 3.05) is 18.9 Å². The summed E-state index contributed by atoms with van der Waals surface area (Å²) in [7, 11) is 1.51. The molecule has 0 aliphatic carbocycles. The molecule has 7 heteroatoms. The first-order chi connectivity index (χ1) is 11.8. The average Bonchev–Trinajstić information content (AvgIpc) is 2.57. The fourth-order valence-electron chi connectivity index (χ4n) is 2.42. The number of hydrogen-bond acceptors (Lipinski definition) is 4. The Labute approximate surface area is 145 Å². The number of nitrogens with zero attached hydrogens (tertiary/aromatic N) is 2. The number of non-ortho nitro benzene ring substituents is 1. The summed E-state index contributed by atoms with van der Waals surface area (Å²) < 4.78 is 0. The zero-order chi connectivity index (χ0) is 18.6. The van der Waals surface area contributed by atoms with Gasteiger partial charge in [-0.25, -0.2) is 0 Å². The van der Waals surface area contributed by atoms with E-state index in [2.05, 4.69) is 5.32 Å². The molecule has 2 amide bonds. The van der Waals surface area contributed by atoms with Crippen LogP contribution in [0.4, 0.5) is 11.4 Å². The lowest BCUT2D eigenvalue weighted by atomic mass is 10.1. The first kappa shape index (κ1) is 18.1. The molecule has 0 spiro atoms. The van der Waals surface area contributed by atoms with Gasteiger partial charge in [0.1, 0.15) is 0 Å². The monoisotopic (exact) mass is 341 g/mol. The van der Waals surface area contributed by atoms with E-state index in [0.29, 0.717) is 0 Å². The van der Waals surface area contributed by atoms with Gasteiger partial charge in [0.2, 0.25) is 5.91 Å². The van der Waals surface area contributed by atoms with Gasteiger partial charge in [-0.05, 0) is 37.1 Å². The molecule has 0 saturated heterocycles. The second-order valence-electron chi connectivity index (χ2n) is 5.78. The molecule has 25 heavy (non-hydrogen) atoms. The Morgan fingerprint density at radius 2 is 1.64 bits per heavy atom. The summed E-state index contributed by atoms with van der Waals surface area (Å²) in [6, 6.07) is 11.0. The first-order valence-corrected chi connectivity index (χ1v) is 7.65. The fraction of sp³-hybridized carbons (Fsp3) is 0.222. The van der Waals surface area contributed by atoms with E-state index in [4.69, 9.17) is 0 Å². The number of nitrogens with one attached hydrogen (secondary N) is 1. The number of benzene rings is 2. The molecular formula is C18H19N3O4. The number of hydrogen-bond donors (Lipinski definition) is 1. The summed E-state index contributed by atoms with van der Waals surface area (Å²) in [5, 5.41) is 13.5. The number of aryl methyl sites for hydroxylation is 2. The van der Waals surface area contributed by atoms with Crippen LogP contribution in [0.3, 0.4) is 0 Å². The number of anilines is 1. The molecule has 2 aromatic carbocycles. The summed E-state index contributed by atoms with van der Waals surface area (Å²) in [5.74, 6) is -0.693. The highest BCUT2D eigenvalue weighted by molar-refractivity contribution is 5.99. The second kappa shape index (κ2) is 7.57. The maximum atomic E-state index is 12.3. The molecule has 2 aromatic rings. The minimum atomic E-state index is -0.532. The van der Waals surface area contributed by atoms with Crippen LogP contribution in [0.25, 0.3) is 0 Å². The van der Waals surface area contributed by atoms with Gasteiger partial charge >= 0.3 is 0 Å². The molecule has 0 aliphatic heterocycles. The predicted molar refractivity (Wildman–Crippen MR) is 94.6 cm³/mol. The normalized spacial score (nSPS) is 10.2. The molecule has 0 atom stereocenters. The van der Waals surface area contributed by atoms with E-state index in [1.807, 2.05) is 32.0 Å². The number of nitro benzene ring substituents is 1. The lowest BCUT2D eigenvalue weighted by Gasteiger charge is -2.18. The molecule has 0 fully saturated rings. The van der Waals surface area contributed by atoms with Crippen molar-refractivity contribution in [3.8, 4) is 0 Å². The van der Waals surface area contributed by atoms with Gasteiger partial charge in [-0.15, -0.1) is 0 Å². The average molecular weight is 341 g/mol. The van der Waals surface area contributed by atoms with Gasteiger partial charge in [-0.3, -0.25) is 19.7 Å². The zero-order valence-corrected chi connectivity index (χ0v) is 14.3. The van der Waals surface area contributed by atoms with E-state index in [1.165, 1.54) is 36.2 Å². The van der Waals surface area contributed by atoms with Crippen molar-refractivity contribution in [3.63, 3.8) is 0 Å². The highest BCUT2D eigenvalue weighted by Gasteiger charge is 2.17. The molecule has 1 N–H and O–H groups in total. The number of nitro groups is 1. The Kier molecular flexibility index (Phi) is 5.49. The largest absolute Gasteiger partial charge is 0.332 e. The summed E-state index contributed by atoms with van der Waals surface area (Å²) >= 11 is 0. The lowest BCUT2D eigenvalue weighted by Crippen LogP contribution is -2.35. The van der Waals surface area contributed by atoms with Gasteiger partial charge in [-0.2, -0.15) is 0 Å². The van der Waals surface area contributed by atoms with Crippen molar-refractivity contribution in [1.82, 2.24) is 4.90 Å². The molecule has 7 nitrogen and oxygen atoms in total. The van der Waals surface area contributed by atoms with E-state index in [-0.39, 0.29) is 29.6 Å². The topological polar surface area (TPSA) is 92.6 Å². The van der Waals surface area contributed by atoms with Gasteiger partial charge in [0.25, 0.3) is 11.6 Å². The summed E-state index contributed by atoms with van der Waals surface area (Å²) in [6.45, 7) is 3.67. The molecule has 0 heterocycles. The lowest BCUT2D eigenvalue weighted by molar-refractivity contribution is -0.384. The Balaban J connectivity index is 2.03. The Bertz CT molecular complexity index is 795. The fourth-order valence-corrected chi connectivity index (χ4v) is 2.42. The highest BCUT2D eigenvalue weighted by Crippen LogP contribution is 2.19. The van der Waals surface area contributed by atoms with Gasteiger partial charge in [0.15, 0.2) is 0 Å². The third-order valence-corrected chi connectivity index (χ3v) is 3.80. The van der Waals surface area contributed by atoms with Crippen LogP contribution in [0, 0.1) is 24.0 Å². The Morgan fingerprint density at radius 3 is 2.16 bits per heavy atom. The Hall–Kier alpha value is -3.22. The van der Waals surface area contributed by atoms with Gasteiger partial charge in [0.05, 0.1) is 11.5 Å². The van der Waals surface area contributed by atoms with Crippen molar-refractivity contribution in [2.24, 2.45) is 0 Å². The van der Waals surface area contributed by atoms with E-state index in [0.717, 1.165) is 16.8 Å². The number of likely N-dealkylation sites (N-methyl/N-ethyl adjacent to an activating group) is 1. The summed E-state index contributed by atoms with van der Waals surface area (Å²) in [5.41, 5.74) is 2.82. The molecule has 0 saturated carbocycles. The molecule has 0 radical (unpaired) electrons. The van der Waals surface area contributed by atoms with Gasteiger partial charge in [0, 0.05) is 30.4 Å². The molecular weight excluding hydrogens is 322 g/mol. The van der Waals surface area contributed by atoms with Crippen LogP contribution in [0.15, 0.2) is 42.5 Å². The van der Waals surface area contributed by atoms with Crippen LogP contribution in [-0.2, 0) is 4.79 Å². The summed E-state index contributed by atoms with van der Waals surface area (Å²) in [4.78, 5) is 35.9. The van der Waals surface area contributed by atoms with Crippen molar-refractivity contribution < 1.29 is 14.5 Å². The Morgan fingerprint density at radius 1 is 1.08 bits per heavy atom. The predicted octanol–water partition coefficient (Wildman–Crippen LogP) is 2.92. The van der Waals surface area contributed by atoms with E-state index >= 15 is 0 Å². The zero-order valence-electron chi connectivity index (χ0n) is 14.3. The van der Waals surface area contributed by atoms with E-state index < -0.39 is 4.92 Å². The van der Waals surface area contributed by atoms with Gasteiger partial charge in [-0.1, -0.05) is 18.2 Å². The minimum absolute atomic E-state index is 0.0908. The van der Waals surface area contributed by atoms with Crippen molar-refractivity contribution in [3.05, 3.63) is 69.3 Å². The number of amides is 2. The molecule has 0 bridgehead atoms. The quantitative estimate of drug-likeness (QED) is 0.668. The number of para-hydroxylation sites is 1. The van der Waals surface area contributed by atoms with E-state index in [9.17, 15) is 19.7 Å². The molecule has 2 rings (SSSR count). The SMILES string of the molecule is Cc1cccc(C)c1NC(=O)CN(C)C(=O)c1ccc([N+](=O)[O-])cc1. The highest BCUT2D eigenvalue weighted by atomic mass is 16.6. The molecule has 0 aliphatic rings. The number of carbonyl (C=O) groups is 2. The van der Waals surface area contributed by atoms with Crippen molar-refractivity contribution in [2.45, 2.75) is 13.8 Å². The maximum Gasteiger partial charge on any atom is 0.269 e.